The van der Waals surface area contributed by atoms with Gasteiger partial charge in [-0.15, -0.1) is 0 Å². The first-order valence-electron chi connectivity index (χ1n) is 6.43. The van der Waals surface area contributed by atoms with Gasteiger partial charge in [0, 0.05) is 11.6 Å². The molecule has 1 N–H and O–H groups in total. The van der Waals surface area contributed by atoms with Gasteiger partial charge in [0.05, 0.1) is 0 Å². The monoisotopic (exact) mass is 254 g/mol. The van der Waals surface area contributed by atoms with E-state index in [1.54, 1.807) is 0 Å². The SMILES string of the molecule is CNCC1CCCN(C)C1c1cc(F)ccc1F. The zero-order valence-electron chi connectivity index (χ0n) is 10.9. The number of hydrogen-bond donors (Lipinski definition) is 1. The number of nitrogens with zero attached hydrogens (tertiary/aromatic N) is 1. The lowest BCUT2D eigenvalue weighted by Gasteiger charge is -2.39. The molecular formula is C14H20F2N2. The Labute approximate surface area is 107 Å². The van der Waals surface area contributed by atoms with Crippen LogP contribution in [0, 0.1) is 17.6 Å². The van der Waals surface area contributed by atoms with Crippen molar-refractivity contribution in [2.24, 2.45) is 5.92 Å². The van der Waals surface area contributed by atoms with Gasteiger partial charge in [0.15, 0.2) is 0 Å². The first kappa shape index (κ1) is 13.4. The molecule has 1 aromatic rings. The molecule has 18 heavy (non-hydrogen) atoms. The number of rotatable bonds is 3. The van der Waals surface area contributed by atoms with Crippen molar-refractivity contribution in [1.82, 2.24) is 10.2 Å². The van der Waals surface area contributed by atoms with E-state index in [2.05, 4.69) is 10.2 Å². The fourth-order valence-electron chi connectivity index (χ4n) is 2.97. The van der Waals surface area contributed by atoms with Crippen molar-refractivity contribution < 1.29 is 8.78 Å². The summed E-state index contributed by atoms with van der Waals surface area (Å²) < 4.78 is 27.3. The lowest BCUT2D eigenvalue weighted by atomic mass is 9.84. The van der Waals surface area contributed by atoms with Crippen molar-refractivity contribution in [3.63, 3.8) is 0 Å². The molecule has 1 aromatic carbocycles. The van der Waals surface area contributed by atoms with Crippen LogP contribution in [-0.2, 0) is 0 Å². The van der Waals surface area contributed by atoms with Crippen molar-refractivity contribution in [1.29, 1.82) is 0 Å². The summed E-state index contributed by atoms with van der Waals surface area (Å²) in [5, 5.41) is 3.15. The Morgan fingerprint density at radius 2 is 2.17 bits per heavy atom. The molecule has 0 aromatic heterocycles. The highest BCUT2D eigenvalue weighted by atomic mass is 19.1. The summed E-state index contributed by atoms with van der Waals surface area (Å²) in [6.07, 6.45) is 2.15. The van der Waals surface area contributed by atoms with Gasteiger partial charge in [-0.2, -0.15) is 0 Å². The number of halogens is 2. The molecule has 2 rings (SSSR count). The summed E-state index contributed by atoms with van der Waals surface area (Å²) in [4.78, 5) is 2.13. The molecule has 1 aliphatic heterocycles. The topological polar surface area (TPSA) is 15.3 Å². The van der Waals surface area contributed by atoms with Crippen LogP contribution in [0.5, 0.6) is 0 Å². The van der Waals surface area contributed by atoms with Gasteiger partial charge in [-0.25, -0.2) is 8.78 Å². The molecule has 1 aliphatic rings. The number of nitrogens with one attached hydrogen (secondary N) is 1. The highest BCUT2D eigenvalue weighted by Gasteiger charge is 2.31. The lowest BCUT2D eigenvalue weighted by Crippen LogP contribution is -2.40. The van der Waals surface area contributed by atoms with Gasteiger partial charge in [-0.05, 0) is 64.1 Å². The summed E-state index contributed by atoms with van der Waals surface area (Å²) in [7, 11) is 3.88. The molecule has 100 valence electrons. The van der Waals surface area contributed by atoms with Crippen LogP contribution in [0.3, 0.4) is 0 Å². The van der Waals surface area contributed by atoms with E-state index < -0.39 is 0 Å². The quantitative estimate of drug-likeness (QED) is 0.892. The molecule has 2 nitrogen and oxygen atoms in total. The molecule has 1 fully saturated rings. The normalized spacial score (nSPS) is 25.3. The van der Waals surface area contributed by atoms with E-state index in [9.17, 15) is 8.78 Å². The summed E-state index contributed by atoms with van der Waals surface area (Å²) >= 11 is 0. The zero-order chi connectivity index (χ0) is 13.1. The smallest absolute Gasteiger partial charge is 0.128 e. The summed E-state index contributed by atoms with van der Waals surface area (Å²) in [6.45, 7) is 1.76. The molecule has 0 radical (unpaired) electrons. The van der Waals surface area contributed by atoms with Crippen LogP contribution >= 0.6 is 0 Å². The van der Waals surface area contributed by atoms with Crippen molar-refractivity contribution in [2.45, 2.75) is 18.9 Å². The van der Waals surface area contributed by atoms with E-state index >= 15 is 0 Å². The molecule has 2 atom stereocenters. The molecule has 0 amide bonds. The van der Waals surface area contributed by atoms with Crippen molar-refractivity contribution in [3.8, 4) is 0 Å². The number of piperidine rings is 1. The Bertz CT molecular complexity index is 407. The Kier molecular flexibility index (Phi) is 4.30. The predicted octanol–water partition coefficient (Wildman–Crippen LogP) is 2.57. The van der Waals surface area contributed by atoms with Crippen LogP contribution in [0.1, 0.15) is 24.4 Å². The first-order chi connectivity index (χ1) is 8.63. The minimum Gasteiger partial charge on any atom is -0.319 e. The maximum Gasteiger partial charge on any atom is 0.128 e. The van der Waals surface area contributed by atoms with Crippen LogP contribution in [0.2, 0.25) is 0 Å². The second-order valence-electron chi connectivity index (χ2n) is 5.05. The third-order valence-electron chi connectivity index (χ3n) is 3.75. The highest BCUT2D eigenvalue weighted by molar-refractivity contribution is 5.23. The average molecular weight is 254 g/mol. The Balaban J connectivity index is 2.33. The van der Waals surface area contributed by atoms with E-state index in [0.717, 1.165) is 25.9 Å². The van der Waals surface area contributed by atoms with Crippen molar-refractivity contribution in [3.05, 3.63) is 35.4 Å². The molecule has 0 bridgehead atoms. The van der Waals surface area contributed by atoms with Gasteiger partial charge < -0.3 is 5.32 Å². The molecule has 2 unspecified atom stereocenters. The largest absolute Gasteiger partial charge is 0.319 e. The van der Waals surface area contributed by atoms with Gasteiger partial charge in [0.25, 0.3) is 0 Å². The van der Waals surface area contributed by atoms with Crippen LogP contribution in [0.15, 0.2) is 18.2 Å². The highest BCUT2D eigenvalue weighted by Crippen LogP contribution is 2.36. The lowest BCUT2D eigenvalue weighted by molar-refractivity contribution is 0.117. The van der Waals surface area contributed by atoms with Gasteiger partial charge in [0.2, 0.25) is 0 Å². The Hall–Kier alpha value is -1.00. The minimum absolute atomic E-state index is 0.0399. The second-order valence-corrected chi connectivity index (χ2v) is 5.05. The van der Waals surface area contributed by atoms with Crippen molar-refractivity contribution in [2.75, 3.05) is 27.2 Å². The Morgan fingerprint density at radius 3 is 2.89 bits per heavy atom. The molecule has 4 heteroatoms. The third kappa shape index (κ3) is 2.70. The molecule has 0 saturated carbocycles. The van der Waals surface area contributed by atoms with E-state index in [0.29, 0.717) is 11.5 Å². The second kappa shape index (κ2) is 5.76. The molecular weight excluding hydrogens is 234 g/mol. The van der Waals surface area contributed by atoms with E-state index in [-0.39, 0.29) is 17.7 Å². The van der Waals surface area contributed by atoms with E-state index in [4.69, 9.17) is 0 Å². The average Bonchev–Trinajstić information content (AvgIpc) is 2.34. The van der Waals surface area contributed by atoms with Crippen LogP contribution in [-0.4, -0.2) is 32.1 Å². The standard InChI is InChI=1S/C14H20F2N2/c1-17-9-10-4-3-7-18(2)14(10)12-8-11(15)5-6-13(12)16/h5-6,8,10,14,17H,3-4,7,9H2,1-2H3. The molecule has 0 aliphatic carbocycles. The summed E-state index contributed by atoms with van der Waals surface area (Å²) in [5.41, 5.74) is 0.484. The fourth-order valence-corrected chi connectivity index (χ4v) is 2.97. The maximum absolute atomic E-state index is 13.9. The maximum atomic E-state index is 13.9. The first-order valence-corrected chi connectivity index (χ1v) is 6.43. The number of benzene rings is 1. The summed E-state index contributed by atoms with van der Waals surface area (Å²) in [5.74, 6) is -0.352. The van der Waals surface area contributed by atoms with Crippen LogP contribution in [0.4, 0.5) is 8.78 Å². The third-order valence-corrected chi connectivity index (χ3v) is 3.75. The minimum atomic E-state index is -0.367. The fraction of sp³-hybridized carbons (Fsp3) is 0.571. The van der Waals surface area contributed by atoms with Gasteiger partial charge in [-0.3, -0.25) is 4.90 Å². The van der Waals surface area contributed by atoms with E-state index in [1.165, 1.54) is 18.2 Å². The predicted molar refractivity (Wildman–Crippen MR) is 68.4 cm³/mol. The zero-order valence-corrected chi connectivity index (χ0v) is 10.9. The van der Waals surface area contributed by atoms with Gasteiger partial charge in [-0.1, -0.05) is 0 Å². The number of likely N-dealkylation sites (tertiary alicyclic amines) is 1. The summed E-state index contributed by atoms with van der Waals surface area (Å²) in [6, 6.07) is 3.70. The molecule has 0 spiro atoms. The van der Waals surface area contributed by atoms with Crippen LogP contribution < -0.4 is 5.32 Å². The molecule has 1 saturated heterocycles. The van der Waals surface area contributed by atoms with E-state index in [1.807, 2.05) is 14.1 Å². The van der Waals surface area contributed by atoms with Gasteiger partial charge >= 0.3 is 0 Å². The Morgan fingerprint density at radius 1 is 1.39 bits per heavy atom. The van der Waals surface area contributed by atoms with Gasteiger partial charge in [0.1, 0.15) is 11.6 Å². The van der Waals surface area contributed by atoms with Crippen LogP contribution in [0.25, 0.3) is 0 Å². The molecule has 1 heterocycles. The van der Waals surface area contributed by atoms with Crippen molar-refractivity contribution >= 4 is 0 Å². The number of hydrogen-bond acceptors (Lipinski definition) is 2.